The van der Waals surface area contributed by atoms with Crippen LogP contribution < -0.4 is 0 Å². The summed E-state index contributed by atoms with van der Waals surface area (Å²) in [5, 5.41) is 0. The molecule has 0 aliphatic heterocycles. The second-order valence-corrected chi connectivity index (χ2v) is 3.24. The number of ether oxygens (including phenoxy) is 1. The molecule has 0 fully saturated rings. The van der Waals surface area contributed by atoms with Crippen LogP contribution in [0.5, 0.6) is 0 Å². The third kappa shape index (κ3) is 5.57. The van der Waals surface area contributed by atoms with Crippen LogP contribution in [0.1, 0.15) is 32.6 Å². The minimum atomic E-state index is -0.100. The highest BCUT2D eigenvalue weighted by Gasteiger charge is 2.16. The molecule has 0 rings (SSSR count). The van der Waals surface area contributed by atoms with Crippen molar-refractivity contribution in [2.75, 3.05) is 6.61 Å². The lowest BCUT2D eigenvalue weighted by Gasteiger charge is -2.12. The summed E-state index contributed by atoms with van der Waals surface area (Å²) in [5.74, 6) is -0.0636. The summed E-state index contributed by atoms with van der Waals surface area (Å²) in [7, 11) is 0. The summed E-state index contributed by atoms with van der Waals surface area (Å²) in [6, 6.07) is 0. The molecule has 1 atom stereocenters. The molecule has 0 aliphatic rings. The molecular formula is C12H20O2. The fourth-order valence-electron chi connectivity index (χ4n) is 1.26. The van der Waals surface area contributed by atoms with E-state index in [1.807, 2.05) is 13.0 Å². The normalized spacial score (nSPS) is 11.8. The lowest BCUT2D eigenvalue weighted by atomic mass is 9.99. The minimum absolute atomic E-state index is 0.0369. The van der Waals surface area contributed by atoms with Crippen molar-refractivity contribution in [3.05, 3.63) is 25.3 Å². The molecule has 0 aliphatic carbocycles. The van der Waals surface area contributed by atoms with Crippen LogP contribution in [0.2, 0.25) is 0 Å². The Hall–Kier alpha value is -1.05. The average molecular weight is 196 g/mol. The molecule has 0 aromatic heterocycles. The van der Waals surface area contributed by atoms with Gasteiger partial charge in [-0.2, -0.15) is 0 Å². The summed E-state index contributed by atoms with van der Waals surface area (Å²) in [4.78, 5) is 11.4. The number of carbonyl (C=O) groups is 1. The Morgan fingerprint density at radius 3 is 2.64 bits per heavy atom. The fraction of sp³-hybridized carbons (Fsp3) is 0.583. The van der Waals surface area contributed by atoms with Crippen LogP contribution in [0.3, 0.4) is 0 Å². The monoisotopic (exact) mass is 196 g/mol. The lowest BCUT2D eigenvalue weighted by molar-refractivity contribution is -0.147. The van der Waals surface area contributed by atoms with Crippen LogP contribution in [0.15, 0.2) is 25.3 Å². The van der Waals surface area contributed by atoms with Gasteiger partial charge in [0.25, 0.3) is 0 Å². The van der Waals surface area contributed by atoms with Crippen molar-refractivity contribution in [2.24, 2.45) is 5.92 Å². The molecule has 0 N–H and O–H groups in total. The first kappa shape index (κ1) is 12.9. The first-order valence-corrected chi connectivity index (χ1v) is 5.14. The van der Waals surface area contributed by atoms with E-state index in [2.05, 4.69) is 13.2 Å². The maximum Gasteiger partial charge on any atom is 0.309 e. The molecule has 0 bridgehead atoms. The quantitative estimate of drug-likeness (QED) is 0.339. The Kier molecular flexibility index (Phi) is 7.90. The second kappa shape index (κ2) is 8.54. The molecule has 80 valence electrons. The molecule has 0 saturated carbocycles. The maximum absolute atomic E-state index is 11.4. The summed E-state index contributed by atoms with van der Waals surface area (Å²) >= 11 is 0. The SMILES string of the molecule is C=CCCCC(CC)C(=O)OCC=C. The van der Waals surface area contributed by atoms with Crippen molar-refractivity contribution >= 4 is 5.97 Å². The number of carbonyl (C=O) groups excluding carboxylic acids is 1. The number of esters is 1. The smallest absolute Gasteiger partial charge is 0.309 e. The van der Waals surface area contributed by atoms with E-state index in [1.54, 1.807) is 6.08 Å². The molecule has 0 radical (unpaired) electrons. The van der Waals surface area contributed by atoms with Crippen LogP contribution in [-0.2, 0) is 9.53 Å². The first-order chi connectivity index (χ1) is 6.76. The summed E-state index contributed by atoms with van der Waals surface area (Å²) in [6.45, 7) is 9.48. The Morgan fingerprint density at radius 1 is 1.43 bits per heavy atom. The number of rotatable bonds is 8. The third-order valence-electron chi connectivity index (χ3n) is 2.13. The first-order valence-electron chi connectivity index (χ1n) is 5.14. The van der Waals surface area contributed by atoms with Gasteiger partial charge in [0.2, 0.25) is 0 Å². The summed E-state index contributed by atoms with van der Waals surface area (Å²) in [5.41, 5.74) is 0. The number of hydrogen-bond acceptors (Lipinski definition) is 2. The van der Waals surface area contributed by atoms with Crippen molar-refractivity contribution in [2.45, 2.75) is 32.6 Å². The van der Waals surface area contributed by atoms with Gasteiger partial charge >= 0.3 is 5.97 Å². The van der Waals surface area contributed by atoms with Gasteiger partial charge in [-0.15, -0.1) is 6.58 Å². The Labute approximate surface area is 86.6 Å². The molecule has 2 heteroatoms. The molecule has 1 unspecified atom stereocenters. The van der Waals surface area contributed by atoms with Crippen LogP contribution in [0, 0.1) is 5.92 Å². The van der Waals surface area contributed by atoms with Crippen LogP contribution in [0.4, 0.5) is 0 Å². The number of hydrogen-bond donors (Lipinski definition) is 0. The Morgan fingerprint density at radius 2 is 2.14 bits per heavy atom. The highest BCUT2D eigenvalue weighted by atomic mass is 16.5. The van der Waals surface area contributed by atoms with Crippen LogP contribution in [0.25, 0.3) is 0 Å². The predicted octanol–water partition coefficient (Wildman–Crippen LogP) is 3.10. The van der Waals surface area contributed by atoms with Crippen LogP contribution >= 0.6 is 0 Å². The van der Waals surface area contributed by atoms with E-state index in [9.17, 15) is 4.79 Å². The third-order valence-corrected chi connectivity index (χ3v) is 2.13. The maximum atomic E-state index is 11.4. The largest absolute Gasteiger partial charge is 0.461 e. The number of unbranched alkanes of at least 4 members (excludes halogenated alkanes) is 1. The Balaban J connectivity index is 3.79. The molecule has 14 heavy (non-hydrogen) atoms. The summed E-state index contributed by atoms with van der Waals surface area (Å²) < 4.78 is 4.99. The Bertz CT molecular complexity index is 185. The minimum Gasteiger partial charge on any atom is -0.461 e. The van der Waals surface area contributed by atoms with Gasteiger partial charge in [-0.25, -0.2) is 0 Å². The van der Waals surface area contributed by atoms with Gasteiger partial charge in [0.1, 0.15) is 6.61 Å². The van der Waals surface area contributed by atoms with Crippen molar-refractivity contribution in [1.29, 1.82) is 0 Å². The van der Waals surface area contributed by atoms with Gasteiger partial charge in [0.05, 0.1) is 5.92 Å². The molecule has 0 saturated heterocycles. The molecular weight excluding hydrogens is 176 g/mol. The molecule has 0 aromatic rings. The van der Waals surface area contributed by atoms with Crippen molar-refractivity contribution < 1.29 is 9.53 Å². The predicted molar refractivity (Wildman–Crippen MR) is 59.0 cm³/mol. The van der Waals surface area contributed by atoms with Gasteiger partial charge < -0.3 is 4.74 Å². The van der Waals surface area contributed by atoms with E-state index < -0.39 is 0 Å². The topological polar surface area (TPSA) is 26.3 Å². The average Bonchev–Trinajstić information content (AvgIpc) is 2.21. The molecule has 0 amide bonds. The summed E-state index contributed by atoms with van der Waals surface area (Å²) in [6.07, 6.45) is 7.16. The van der Waals surface area contributed by atoms with E-state index in [1.165, 1.54) is 0 Å². The second-order valence-electron chi connectivity index (χ2n) is 3.24. The number of allylic oxidation sites excluding steroid dienone is 1. The van der Waals surface area contributed by atoms with Gasteiger partial charge in [0, 0.05) is 0 Å². The molecule has 0 spiro atoms. The molecule has 0 aromatic carbocycles. The van der Waals surface area contributed by atoms with Gasteiger partial charge in [-0.1, -0.05) is 25.7 Å². The van der Waals surface area contributed by atoms with Gasteiger partial charge in [-0.3, -0.25) is 4.79 Å². The standard InChI is InChI=1S/C12H20O2/c1-4-7-8-9-11(6-3)12(13)14-10-5-2/h4-5,11H,1-2,6-10H2,3H3. The molecule has 0 heterocycles. The highest BCUT2D eigenvalue weighted by Crippen LogP contribution is 2.14. The molecule has 2 nitrogen and oxygen atoms in total. The van der Waals surface area contributed by atoms with Gasteiger partial charge in [0.15, 0.2) is 0 Å². The van der Waals surface area contributed by atoms with E-state index in [0.29, 0.717) is 6.61 Å². The van der Waals surface area contributed by atoms with Crippen LogP contribution in [-0.4, -0.2) is 12.6 Å². The van der Waals surface area contributed by atoms with E-state index in [4.69, 9.17) is 4.74 Å². The highest BCUT2D eigenvalue weighted by molar-refractivity contribution is 5.72. The van der Waals surface area contributed by atoms with Crippen molar-refractivity contribution in [3.8, 4) is 0 Å². The van der Waals surface area contributed by atoms with E-state index in [0.717, 1.165) is 25.7 Å². The van der Waals surface area contributed by atoms with E-state index >= 15 is 0 Å². The van der Waals surface area contributed by atoms with Gasteiger partial charge in [-0.05, 0) is 25.7 Å². The lowest BCUT2D eigenvalue weighted by Crippen LogP contribution is -2.17. The van der Waals surface area contributed by atoms with Crippen molar-refractivity contribution in [1.82, 2.24) is 0 Å². The zero-order valence-electron chi connectivity index (χ0n) is 9.00. The fourth-order valence-corrected chi connectivity index (χ4v) is 1.26. The zero-order valence-corrected chi connectivity index (χ0v) is 9.00. The van der Waals surface area contributed by atoms with Crippen molar-refractivity contribution in [3.63, 3.8) is 0 Å². The van der Waals surface area contributed by atoms with E-state index in [-0.39, 0.29) is 11.9 Å². The zero-order chi connectivity index (χ0) is 10.8.